The first-order valence-electron chi connectivity index (χ1n) is 10.3. The number of rotatable bonds is 8. The standard InChI is InChI=1S/C21H23N7O3S/c1-12(2)9-23-3-5-28-19-17(18(22)25-10-26-19)27-21(28)32-16-8-15-14(30-11-31-15)7-13(16)20-24-4-6-29-20/h4,6-8,10,12,23H,3,5,9,11H2,1-2H3,(H2,22,25,26). The first-order chi connectivity index (χ1) is 15.6. The van der Waals surface area contributed by atoms with Gasteiger partial charge in [0.2, 0.25) is 12.7 Å². The number of benzene rings is 1. The molecule has 3 N–H and O–H groups in total. The first-order valence-corrected chi connectivity index (χ1v) is 11.1. The number of oxazole rings is 1. The highest BCUT2D eigenvalue weighted by atomic mass is 32.2. The molecule has 3 aromatic heterocycles. The molecule has 32 heavy (non-hydrogen) atoms. The molecule has 4 aromatic rings. The van der Waals surface area contributed by atoms with Gasteiger partial charge < -0.3 is 29.5 Å². The van der Waals surface area contributed by atoms with E-state index in [1.807, 2.05) is 12.1 Å². The quantitative estimate of drug-likeness (QED) is 0.384. The second-order valence-electron chi connectivity index (χ2n) is 7.72. The maximum absolute atomic E-state index is 6.09. The van der Waals surface area contributed by atoms with E-state index in [0.29, 0.717) is 46.8 Å². The van der Waals surface area contributed by atoms with Crippen molar-refractivity contribution < 1.29 is 13.9 Å². The normalized spacial score (nSPS) is 12.8. The Balaban J connectivity index is 1.54. The Morgan fingerprint density at radius 1 is 1.19 bits per heavy atom. The van der Waals surface area contributed by atoms with Crippen LogP contribution in [0.25, 0.3) is 22.6 Å². The number of nitrogens with zero attached hydrogens (tertiary/aromatic N) is 5. The summed E-state index contributed by atoms with van der Waals surface area (Å²) in [7, 11) is 0. The van der Waals surface area contributed by atoms with Crippen LogP contribution in [-0.4, -0.2) is 44.4 Å². The topological polar surface area (TPSA) is 126 Å². The van der Waals surface area contributed by atoms with Crippen molar-refractivity contribution in [2.45, 2.75) is 30.4 Å². The summed E-state index contributed by atoms with van der Waals surface area (Å²) < 4.78 is 18.8. The third-order valence-corrected chi connectivity index (χ3v) is 5.98. The monoisotopic (exact) mass is 453 g/mol. The van der Waals surface area contributed by atoms with E-state index in [4.69, 9.17) is 24.6 Å². The van der Waals surface area contributed by atoms with E-state index in [0.717, 1.165) is 28.7 Å². The minimum absolute atomic E-state index is 0.181. The fourth-order valence-corrected chi connectivity index (χ4v) is 4.47. The van der Waals surface area contributed by atoms with E-state index in [-0.39, 0.29) is 6.79 Å². The van der Waals surface area contributed by atoms with Crippen molar-refractivity contribution >= 4 is 28.7 Å². The molecule has 0 aliphatic carbocycles. The van der Waals surface area contributed by atoms with Crippen LogP contribution in [0.1, 0.15) is 13.8 Å². The van der Waals surface area contributed by atoms with E-state index in [1.165, 1.54) is 18.1 Å². The zero-order valence-corrected chi connectivity index (χ0v) is 18.6. The van der Waals surface area contributed by atoms with Crippen molar-refractivity contribution in [3.63, 3.8) is 0 Å². The maximum atomic E-state index is 6.09. The molecule has 0 radical (unpaired) electrons. The van der Waals surface area contributed by atoms with Gasteiger partial charge in [-0.05, 0) is 24.6 Å². The van der Waals surface area contributed by atoms with Gasteiger partial charge in [0.05, 0.1) is 11.8 Å². The number of anilines is 1. The molecule has 10 nitrogen and oxygen atoms in total. The molecular weight excluding hydrogens is 430 g/mol. The van der Waals surface area contributed by atoms with E-state index in [9.17, 15) is 0 Å². The molecule has 0 saturated heterocycles. The molecule has 0 amide bonds. The lowest BCUT2D eigenvalue weighted by Gasteiger charge is -2.12. The molecule has 1 aliphatic rings. The number of nitrogens with two attached hydrogens (primary N) is 1. The van der Waals surface area contributed by atoms with Crippen LogP contribution in [-0.2, 0) is 6.54 Å². The second kappa shape index (κ2) is 8.67. The summed E-state index contributed by atoms with van der Waals surface area (Å²) in [5.41, 5.74) is 8.17. The smallest absolute Gasteiger partial charge is 0.231 e. The van der Waals surface area contributed by atoms with Gasteiger partial charge in [-0.3, -0.25) is 0 Å². The molecule has 1 aliphatic heterocycles. The number of imidazole rings is 1. The molecule has 1 aromatic carbocycles. The predicted molar refractivity (Wildman–Crippen MR) is 120 cm³/mol. The van der Waals surface area contributed by atoms with Crippen LogP contribution in [0.5, 0.6) is 11.5 Å². The summed E-state index contributed by atoms with van der Waals surface area (Å²) in [6, 6.07) is 3.80. The average Bonchev–Trinajstić information content (AvgIpc) is 3.51. The Hall–Kier alpha value is -3.31. The third-order valence-electron chi connectivity index (χ3n) is 4.93. The second-order valence-corrected chi connectivity index (χ2v) is 8.73. The maximum Gasteiger partial charge on any atom is 0.231 e. The first kappa shape index (κ1) is 20.6. The number of aromatic nitrogens is 5. The van der Waals surface area contributed by atoms with Gasteiger partial charge >= 0.3 is 0 Å². The minimum Gasteiger partial charge on any atom is -0.454 e. The van der Waals surface area contributed by atoms with Crippen LogP contribution >= 0.6 is 11.8 Å². The number of nitrogens with one attached hydrogen (secondary N) is 1. The third kappa shape index (κ3) is 3.96. The van der Waals surface area contributed by atoms with E-state index in [1.54, 1.807) is 12.5 Å². The number of ether oxygens (including phenoxy) is 2. The molecule has 0 atom stereocenters. The summed E-state index contributed by atoms with van der Waals surface area (Å²) in [4.78, 5) is 18.5. The van der Waals surface area contributed by atoms with Crippen molar-refractivity contribution in [3.05, 3.63) is 30.9 Å². The molecular formula is C21H23N7O3S. The molecule has 0 bridgehead atoms. The summed E-state index contributed by atoms with van der Waals surface area (Å²) in [6.07, 6.45) is 4.62. The van der Waals surface area contributed by atoms with Crippen LogP contribution in [0.2, 0.25) is 0 Å². The van der Waals surface area contributed by atoms with Crippen molar-refractivity contribution in [2.24, 2.45) is 5.92 Å². The number of fused-ring (bicyclic) bond motifs is 2. The van der Waals surface area contributed by atoms with E-state index < -0.39 is 0 Å². The van der Waals surface area contributed by atoms with Gasteiger partial charge in [0.25, 0.3) is 0 Å². The van der Waals surface area contributed by atoms with Gasteiger partial charge in [-0.25, -0.2) is 19.9 Å². The zero-order valence-electron chi connectivity index (χ0n) is 17.7. The molecule has 0 fully saturated rings. The fraction of sp³-hybridized carbons (Fsp3) is 0.333. The van der Waals surface area contributed by atoms with Crippen molar-refractivity contribution in [2.75, 3.05) is 25.6 Å². The largest absolute Gasteiger partial charge is 0.454 e. The van der Waals surface area contributed by atoms with Crippen molar-refractivity contribution in [1.29, 1.82) is 0 Å². The lowest BCUT2D eigenvalue weighted by Crippen LogP contribution is -2.24. The number of nitrogen functional groups attached to an aromatic ring is 1. The Labute approximate surface area is 188 Å². The summed E-state index contributed by atoms with van der Waals surface area (Å²) in [6.45, 7) is 6.93. The van der Waals surface area contributed by atoms with Gasteiger partial charge in [0.1, 0.15) is 12.6 Å². The summed E-state index contributed by atoms with van der Waals surface area (Å²) in [5, 5.41) is 4.21. The van der Waals surface area contributed by atoms with E-state index >= 15 is 0 Å². The summed E-state index contributed by atoms with van der Waals surface area (Å²) >= 11 is 1.47. The lowest BCUT2D eigenvalue weighted by molar-refractivity contribution is 0.174. The Morgan fingerprint density at radius 2 is 2.03 bits per heavy atom. The molecule has 166 valence electrons. The number of hydrogen-bond acceptors (Lipinski definition) is 10. The molecule has 0 saturated carbocycles. The molecule has 0 unspecified atom stereocenters. The lowest BCUT2D eigenvalue weighted by atomic mass is 10.2. The molecule has 11 heteroatoms. The SMILES string of the molecule is CC(C)CNCCn1c(Sc2cc3c(cc2-c2ncco2)OCO3)nc2c(N)ncnc21. The minimum atomic E-state index is 0.181. The molecule has 0 spiro atoms. The van der Waals surface area contributed by atoms with Crippen molar-refractivity contribution in [1.82, 2.24) is 29.8 Å². The molecule has 5 rings (SSSR count). The highest BCUT2D eigenvalue weighted by molar-refractivity contribution is 7.99. The van der Waals surface area contributed by atoms with Crippen LogP contribution in [0, 0.1) is 5.92 Å². The fourth-order valence-electron chi connectivity index (χ4n) is 3.42. The van der Waals surface area contributed by atoms with E-state index in [2.05, 4.69) is 38.7 Å². The van der Waals surface area contributed by atoms with Gasteiger partial charge in [-0.1, -0.05) is 25.6 Å². The average molecular weight is 454 g/mol. The molecule has 4 heterocycles. The Bertz CT molecular complexity index is 1240. The van der Waals surface area contributed by atoms with Gasteiger partial charge in [0.15, 0.2) is 33.6 Å². The summed E-state index contributed by atoms with van der Waals surface area (Å²) in [5.74, 6) is 2.74. The zero-order chi connectivity index (χ0) is 22.1. The van der Waals surface area contributed by atoms with Gasteiger partial charge in [-0.15, -0.1) is 0 Å². The van der Waals surface area contributed by atoms with Crippen LogP contribution < -0.4 is 20.5 Å². The Kier molecular flexibility index (Phi) is 5.58. The van der Waals surface area contributed by atoms with Crippen LogP contribution in [0.4, 0.5) is 5.82 Å². The highest BCUT2D eigenvalue weighted by Gasteiger charge is 2.23. The predicted octanol–water partition coefficient (Wildman–Crippen LogP) is 3.19. The van der Waals surface area contributed by atoms with Gasteiger partial charge in [0, 0.05) is 18.0 Å². The van der Waals surface area contributed by atoms with Gasteiger partial charge in [-0.2, -0.15) is 0 Å². The van der Waals surface area contributed by atoms with Crippen LogP contribution in [0.15, 0.2) is 45.4 Å². The highest BCUT2D eigenvalue weighted by Crippen LogP contribution is 2.44. The Morgan fingerprint density at radius 3 is 2.81 bits per heavy atom. The van der Waals surface area contributed by atoms with Crippen LogP contribution in [0.3, 0.4) is 0 Å². The van der Waals surface area contributed by atoms with Crippen molar-refractivity contribution in [3.8, 4) is 23.0 Å². The number of hydrogen-bond donors (Lipinski definition) is 2.